The Kier molecular flexibility index (Phi) is 2.89. The molecule has 1 aromatic carbocycles. The molecule has 0 unspecified atom stereocenters. The van der Waals surface area contributed by atoms with Crippen molar-refractivity contribution in [2.45, 2.75) is 6.61 Å². The van der Waals surface area contributed by atoms with Crippen LogP contribution in [0.15, 0.2) is 18.2 Å². The van der Waals surface area contributed by atoms with Gasteiger partial charge in [0.2, 0.25) is 0 Å². The van der Waals surface area contributed by atoms with E-state index in [1.54, 1.807) is 6.07 Å². The van der Waals surface area contributed by atoms with Crippen molar-refractivity contribution < 1.29 is 18.3 Å². The van der Waals surface area contributed by atoms with E-state index in [4.69, 9.17) is 10.5 Å². The monoisotopic (exact) mass is 189 g/mol. The summed E-state index contributed by atoms with van der Waals surface area (Å²) in [5.41, 5.74) is 5.53. The first-order chi connectivity index (χ1) is 6.15. The standard InChI is InChI=1S/C8H9F2NO2/c1-12-6-4-2-3-5(11)7(6)13-8(9)10/h2-4,8H,11H2,1H3. The zero-order valence-electron chi connectivity index (χ0n) is 6.96. The normalized spacial score (nSPS) is 10.2. The summed E-state index contributed by atoms with van der Waals surface area (Å²) >= 11 is 0. The fourth-order valence-corrected chi connectivity index (χ4v) is 0.909. The molecule has 0 heterocycles. The lowest BCUT2D eigenvalue weighted by Crippen LogP contribution is -2.05. The fourth-order valence-electron chi connectivity index (χ4n) is 0.909. The van der Waals surface area contributed by atoms with Gasteiger partial charge in [0, 0.05) is 0 Å². The van der Waals surface area contributed by atoms with E-state index in [0.29, 0.717) is 0 Å². The smallest absolute Gasteiger partial charge is 0.387 e. The molecule has 3 nitrogen and oxygen atoms in total. The Hall–Kier alpha value is -1.52. The van der Waals surface area contributed by atoms with Crippen molar-refractivity contribution in [1.82, 2.24) is 0 Å². The Bertz CT molecular complexity index is 291. The van der Waals surface area contributed by atoms with Crippen molar-refractivity contribution in [3.63, 3.8) is 0 Å². The molecule has 2 N–H and O–H groups in total. The summed E-state index contributed by atoms with van der Waals surface area (Å²) < 4.78 is 32.7. The van der Waals surface area contributed by atoms with E-state index in [9.17, 15) is 8.78 Å². The number of halogens is 2. The number of para-hydroxylation sites is 1. The second-order valence-corrected chi connectivity index (χ2v) is 2.26. The van der Waals surface area contributed by atoms with Crippen LogP contribution in [0.4, 0.5) is 14.5 Å². The molecule has 1 aromatic rings. The summed E-state index contributed by atoms with van der Waals surface area (Å²) in [6, 6.07) is 4.54. The molecule has 0 bridgehead atoms. The second kappa shape index (κ2) is 3.93. The third-order valence-electron chi connectivity index (χ3n) is 1.44. The lowest BCUT2D eigenvalue weighted by Gasteiger charge is -2.11. The number of alkyl halides is 2. The van der Waals surface area contributed by atoms with E-state index in [0.717, 1.165) is 0 Å². The predicted molar refractivity (Wildman–Crippen MR) is 44.0 cm³/mol. The minimum atomic E-state index is -2.90. The maximum atomic E-state index is 11.9. The number of methoxy groups -OCH3 is 1. The highest BCUT2D eigenvalue weighted by Crippen LogP contribution is 2.33. The van der Waals surface area contributed by atoms with Crippen LogP contribution in [0.3, 0.4) is 0 Å². The van der Waals surface area contributed by atoms with Crippen LogP contribution in [0, 0.1) is 0 Å². The van der Waals surface area contributed by atoms with Crippen LogP contribution in [0.1, 0.15) is 0 Å². The number of nitrogens with two attached hydrogens (primary N) is 1. The Labute approximate surface area is 74.1 Å². The molecule has 13 heavy (non-hydrogen) atoms. The minimum Gasteiger partial charge on any atom is -0.493 e. The van der Waals surface area contributed by atoms with Gasteiger partial charge in [-0.2, -0.15) is 8.78 Å². The molecule has 5 heteroatoms. The second-order valence-electron chi connectivity index (χ2n) is 2.26. The minimum absolute atomic E-state index is 0.125. The zero-order valence-corrected chi connectivity index (χ0v) is 6.96. The maximum Gasteiger partial charge on any atom is 0.387 e. The highest BCUT2D eigenvalue weighted by Gasteiger charge is 2.12. The molecule has 0 fully saturated rings. The number of hydrogen-bond acceptors (Lipinski definition) is 3. The number of ether oxygens (including phenoxy) is 2. The first kappa shape index (κ1) is 9.57. The highest BCUT2D eigenvalue weighted by molar-refractivity contribution is 5.60. The van der Waals surface area contributed by atoms with Gasteiger partial charge in [0.05, 0.1) is 12.8 Å². The number of benzene rings is 1. The molecule has 0 saturated heterocycles. The van der Waals surface area contributed by atoms with Gasteiger partial charge >= 0.3 is 6.61 Å². The van der Waals surface area contributed by atoms with Gasteiger partial charge in [-0.15, -0.1) is 0 Å². The lowest BCUT2D eigenvalue weighted by molar-refractivity contribution is -0.0506. The fraction of sp³-hybridized carbons (Fsp3) is 0.250. The van der Waals surface area contributed by atoms with Gasteiger partial charge in [-0.1, -0.05) is 6.07 Å². The van der Waals surface area contributed by atoms with E-state index in [1.165, 1.54) is 19.2 Å². The molecule has 0 saturated carbocycles. The van der Waals surface area contributed by atoms with E-state index in [2.05, 4.69) is 4.74 Å². The first-order valence-corrected chi connectivity index (χ1v) is 3.52. The molecule has 0 aliphatic carbocycles. The first-order valence-electron chi connectivity index (χ1n) is 3.52. The molecule has 0 radical (unpaired) electrons. The quantitative estimate of drug-likeness (QED) is 0.738. The summed E-state index contributed by atoms with van der Waals surface area (Å²) in [5.74, 6) is 0.0697. The van der Waals surface area contributed by atoms with Crippen LogP contribution in [0.2, 0.25) is 0 Å². The van der Waals surface area contributed by atoms with Crippen LogP contribution in [-0.4, -0.2) is 13.7 Å². The van der Waals surface area contributed by atoms with Gasteiger partial charge < -0.3 is 15.2 Å². The molecule has 0 amide bonds. The molecule has 0 spiro atoms. The van der Waals surface area contributed by atoms with Gasteiger partial charge in [0.1, 0.15) is 0 Å². The highest BCUT2D eigenvalue weighted by atomic mass is 19.3. The third kappa shape index (κ3) is 2.21. The van der Waals surface area contributed by atoms with Gasteiger partial charge in [-0.25, -0.2) is 0 Å². The van der Waals surface area contributed by atoms with E-state index >= 15 is 0 Å². The molecule has 0 atom stereocenters. The molecular weight excluding hydrogens is 180 g/mol. The van der Waals surface area contributed by atoms with Gasteiger partial charge in [-0.3, -0.25) is 0 Å². The van der Waals surface area contributed by atoms with E-state index < -0.39 is 6.61 Å². The van der Waals surface area contributed by atoms with Crippen molar-refractivity contribution in [2.75, 3.05) is 12.8 Å². The molecule has 0 aliphatic rings. The molecular formula is C8H9F2NO2. The largest absolute Gasteiger partial charge is 0.493 e. The summed E-state index contributed by atoms with van der Waals surface area (Å²) in [6.07, 6.45) is 0. The van der Waals surface area contributed by atoms with Crippen LogP contribution in [0.5, 0.6) is 11.5 Å². The van der Waals surface area contributed by atoms with Crippen molar-refractivity contribution in [2.24, 2.45) is 0 Å². The topological polar surface area (TPSA) is 44.5 Å². The van der Waals surface area contributed by atoms with Crippen molar-refractivity contribution in [3.8, 4) is 11.5 Å². The molecule has 72 valence electrons. The summed E-state index contributed by atoms with van der Waals surface area (Å²) in [6.45, 7) is -2.90. The van der Waals surface area contributed by atoms with Gasteiger partial charge in [0.25, 0.3) is 0 Å². The van der Waals surface area contributed by atoms with Crippen LogP contribution >= 0.6 is 0 Å². The van der Waals surface area contributed by atoms with Crippen molar-refractivity contribution >= 4 is 5.69 Å². The van der Waals surface area contributed by atoms with Crippen LogP contribution < -0.4 is 15.2 Å². The van der Waals surface area contributed by atoms with Crippen molar-refractivity contribution in [3.05, 3.63) is 18.2 Å². The Morgan fingerprint density at radius 3 is 2.62 bits per heavy atom. The Balaban J connectivity index is 3.00. The van der Waals surface area contributed by atoms with E-state index in [1.807, 2.05) is 0 Å². The lowest BCUT2D eigenvalue weighted by atomic mass is 10.3. The Morgan fingerprint density at radius 2 is 2.08 bits per heavy atom. The van der Waals surface area contributed by atoms with E-state index in [-0.39, 0.29) is 17.2 Å². The maximum absolute atomic E-state index is 11.9. The summed E-state index contributed by atoms with van der Waals surface area (Å²) in [7, 11) is 1.35. The number of rotatable bonds is 3. The summed E-state index contributed by atoms with van der Waals surface area (Å²) in [4.78, 5) is 0. The van der Waals surface area contributed by atoms with Gasteiger partial charge in [-0.05, 0) is 12.1 Å². The van der Waals surface area contributed by atoms with Crippen LogP contribution in [0.25, 0.3) is 0 Å². The predicted octanol–water partition coefficient (Wildman–Crippen LogP) is 1.88. The SMILES string of the molecule is COc1cccc(N)c1OC(F)F. The average molecular weight is 189 g/mol. The third-order valence-corrected chi connectivity index (χ3v) is 1.44. The van der Waals surface area contributed by atoms with Crippen LogP contribution in [-0.2, 0) is 0 Å². The Morgan fingerprint density at radius 1 is 1.38 bits per heavy atom. The zero-order chi connectivity index (χ0) is 9.84. The van der Waals surface area contributed by atoms with Gasteiger partial charge in [0.15, 0.2) is 11.5 Å². The average Bonchev–Trinajstić information content (AvgIpc) is 2.08. The number of hydrogen-bond donors (Lipinski definition) is 1. The number of nitrogen functional groups attached to an aromatic ring is 1. The molecule has 0 aliphatic heterocycles. The molecule has 1 rings (SSSR count). The summed E-state index contributed by atoms with van der Waals surface area (Å²) in [5, 5.41) is 0. The van der Waals surface area contributed by atoms with Crippen molar-refractivity contribution in [1.29, 1.82) is 0 Å². The molecule has 0 aromatic heterocycles. The number of anilines is 1.